The molecule has 1 aliphatic rings. The van der Waals surface area contributed by atoms with Crippen LogP contribution in [0.5, 0.6) is 0 Å². The maximum absolute atomic E-state index is 11.8. The Hall–Kier alpha value is -0.770. The first-order chi connectivity index (χ1) is 8.16. The van der Waals surface area contributed by atoms with E-state index in [1.54, 1.807) is 18.2 Å². The standard InChI is InChI=1S/C12H13Cl2NO2/c13-10-4-3-8(6-11(10)14)12(16)15-7-9-2-1-5-17-9/h3-4,6,9H,1-2,5,7H2,(H,15,16). The van der Waals surface area contributed by atoms with Gasteiger partial charge in [0.25, 0.3) is 5.91 Å². The van der Waals surface area contributed by atoms with Crippen LogP contribution in [0.1, 0.15) is 23.2 Å². The Balaban J connectivity index is 1.92. The number of hydrogen-bond acceptors (Lipinski definition) is 2. The predicted molar refractivity (Wildman–Crippen MR) is 67.8 cm³/mol. The molecule has 1 N–H and O–H groups in total. The van der Waals surface area contributed by atoms with E-state index in [9.17, 15) is 4.79 Å². The number of benzene rings is 1. The molecule has 92 valence electrons. The van der Waals surface area contributed by atoms with Crippen LogP contribution in [0.15, 0.2) is 18.2 Å². The highest BCUT2D eigenvalue weighted by Gasteiger charge is 2.16. The summed E-state index contributed by atoms with van der Waals surface area (Å²) in [6, 6.07) is 4.83. The first-order valence-electron chi connectivity index (χ1n) is 5.51. The fraction of sp³-hybridized carbons (Fsp3) is 0.417. The van der Waals surface area contributed by atoms with Gasteiger partial charge in [0, 0.05) is 18.7 Å². The Morgan fingerprint density at radius 2 is 2.24 bits per heavy atom. The second-order valence-electron chi connectivity index (χ2n) is 3.97. The van der Waals surface area contributed by atoms with Crippen molar-refractivity contribution in [2.75, 3.05) is 13.2 Å². The van der Waals surface area contributed by atoms with Crippen molar-refractivity contribution in [2.45, 2.75) is 18.9 Å². The van der Waals surface area contributed by atoms with E-state index in [4.69, 9.17) is 27.9 Å². The third kappa shape index (κ3) is 3.35. The smallest absolute Gasteiger partial charge is 0.251 e. The largest absolute Gasteiger partial charge is 0.376 e. The van der Waals surface area contributed by atoms with Gasteiger partial charge < -0.3 is 10.1 Å². The topological polar surface area (TPSA) is 38.3 Å². The van der Waals surface area contributed by atoms with Crippen LogP contribution < -0.4 is 5.32 Å². The van der Waals surface area contributed by atoms with Crippen LogP contribution in [-0.2, 0) is 4.74 Å². The lowest BCUT2D eigenvalue weighted by Crippen LogP contribution is -2.31. The summed E-state index contributed by atoms with van der Waals surface area (Å²) in [4.78, 5) is 11.8. The van der Waals surface area contributed by atoms with Gasteiger partial charge in [0.05, 0.1) is 16.1 Å². The Morgan fingerprint density at radius 1 is 1.41 bits per heavy atom. The highest BCUT2D eigenvalue weighted by atomic mass is 35.5. The molecule has 1 amide bonds. The molecule has 17 heavy (non-hydrogen) atoms. The third-order valence-electron chi connectivity index (χ3n) is 2.70. The molecule has 1 aromatic rings. The van der Waals surface area contributed by atoms with Crippen molar-refractivity contribution in [3.05, 3.63) is 33.8 Å². The second kappa shape index (κ2) is 5.71. The molecule has 1 atom stereocenters. The van der Waals surface area contributed by atoms with Crippen molar-refractivity contribution in [1.82, 2.24) is 5.32 Å². The summed E-state index contributed by atoms with van der Waals surface area (Å²) in [5.74, 6) is -0.154. The van der Waals surface area contributed by atoms with Crippen LogP contribution in [0.25, 0.3) is 0 Å². The lowest BCUT2D eigenvalue weighted by atomic mass is 10.2. The van der Waals surface area contributed by atoms with Crippen molar-refractivity contribution < 1.29 is 9.53 Å². The predicted octanol–water partition coefficient (Wildman–Crippen LogP) is 2.90. The molecule has 1 aliphatic heterocycles. The lowest BCUT2D eigenvalue weighted by Gasteiger charge is -2.11. The van der Waals surface area contributed by atoms with Gasteiger partial charge in [0.2, 0.25) is 0 Å². The lowest BCUT2D eigenvalue weighted by molar-refractivity contribution is 0.0858. The van der Waals surface area contributed by atoms with Gasteiger partial charge in [-0.3, -0.25) is 4.79 Å². The van der Waals surface area contributed by atoms with Crippen molar-refractivity contribution in [1.29, 1.82) is 0 Å². The maximum atomic E-state index is 11.8. The van der Waals surface area contributed by atoms with Crippen LogP contribution >= 0.6 is 23.2 Å². The second-order valence-corrected chi connectivity index (χ2v) is 4.79. The van der Waals surface area contributed by atoms with Gasteiger partial charge in [0.15, 0.2) is 0 Å². The van der Waals surface area contributed by atoms with E-state index in [0.717, 1.165) is 19.4 Å². The summed E-state index contributed by atoms with van der Waals surface area (Å²) >= 11 is 11.6. The number of carbonyl (C=O) groups excluding carboxylic acids is 1. The average Bonchev–Trinajstić information content (AvgIpc) is 2.82. The van der Waals surface area contributed by atoms with Gasteiger partial charge >= 0.3 is 0 Å². The molecule has 1 aromatic carbocycles. The number of amides is 1. The Bertz CT molecular complexity index is 417. The van der Waals surface area contributed by atoms with E-state index >= 15 is 0 Å². The van der Waals surface area contributed by atoms with Crippen LogP contribution in [0, 0.1) is 0 Å². The molecule has 0 aliphatic carbocycles. The maximum Gasteiger partial charge on any atom is 0.251 e. The number of hydrogen-bond donors (Lipinski definition) is 1. The van der Waals surface area contributed by atoms with Gasteiger partial charge in [-0.15, -0.1) is 0 Å². The summed E-state index contributed by atoms with van der Waals surface area (Å²) in [6.45, 7) is 1.33. The van der Waals surface area contributed by atoms with E-state index in [1.165, 1.54) is 0 Å². The highest BCUT2D eigenvalue weighted by Crippen LogP contribution is 2.22. The Labute approximate surface area is 110 Å². The van der Waals surface area contributed by atoms with Crippen molar-refractivity contribution in [2.24, 2.45) is 0 Å². The summed E-state index contributed by atoms with van der Waals surface area (Å²) in [5, 5.41) is 3.65. The van der Waals surface area contributed by atoms with Crippen LogP contribution in [-0.4, -0.2) is 25.2 Å². The molecule has 1 unspecified atom stereocenters. The van der Waals surface area contributed by atoms with Crippen molar-refractivity contribution >= 4 is 29.1 Å². The molecule has 0 spiro atoms. The fourth-order valence-electron chi connectivity index (χ4n) is 1.75. The minimum atomic E-state index is -0.154. The molecule has 1 saturated heterocycles. The van der Waals surface area contributed by atoms with E-state index in [1.807, 2.05) is 0 Å². The molecule has 3 nitrogen and oxygen atoms in total. The van der Waals surface area contributed by atoms with E-state index in [0.29, 0.717) is 22.2 Å². The molecular formula is C12H13Cl2NO2. The van der Waals surface area contributed by atoms with Crippen molar-refractivity contribution in [3.8, 4) is 0 Å². The molecule has 2 rings (SSSR count). The van der Waals surface area contributed by atoms with Crippen LogP contribution in [0.4, 0.5) is 0 Å². The van der Waals surface area contributed by atoms with Crippen LogP contribution in [0.3, 0.4) is 0 Å². The summed E-state index contributed by atoms with van der Waals surface area (Å²) in [5.41, 5.74) is 0.511. The van der Waals surface area contributed by atoms with E-state index < -0.39 is 0 Å². The normalized spacial score (nSPS) is 19.3. The number of rotatable bonds is 3. The van der Waals surface area contributed by atoms with E-state index in [2.05, 4.69) is 5.32 Å². The quantitative estimate of drug-likeness (QED) is 0.920. The Morgan fingerprint density at radius 3 is 2.88 bits per heavy atom. The zero-order valence-electron chi connectivity index (χ0n) is 9.21. The summed E-state index contributed by atoms with van der Waals surface area (Å²) in [7, 11) is 0. The van der Waals surface area contributed by atoms with Gasteiger partial charge in [-0.2, -0.15) is 0 Å². The van der Waals surface area contributed by atoms with E-state index in [-0.39, 0.29) is 12.0 Å². The van der Waals surface area contributed by atoms with Gasteiger partial charge in [-0.1, -0.05) is 23.2 Å². The molecule has 0 bridgehead atoms. The van der Waals surface area contributed by atoms with Crippen molar-refractivity contribution in [3.63, 3.8) is 0 Å². The number of ether oxygens (including phenoxy) is 1. The minimum absolute atomic E-state index is 0.140. The zero-order valence-corrected chi connectivity index (χ0v) is 10.7. The molecular weight excluding hydrogens is 261 g/mol. The highest BCUT2D eigenvalue weighted by molar-refractivity contribution is 6.42. The Kier molecular flexibility index (Phi) is 4.26. The van der Waals surface area contributed by atoms with Gasteiger partial charge in [0.1, 0.15) is 0 Å². The molecule has 5 heteroatoms. The SMILES string of the molecule is O=C(NCC1CCCO1)c1ccc(Cl)c(Cl)c1. The van der Waals surface area contributed by atoms with Gasteiger partial charge in [-0.05, 0) is 31.0 Å². The molecule has 1 heterocycles. The third-order valence-corrected chi connectivity index (χ3v) is 3.44. The summed E-state index contributed by atoms with van der Waals surface area (Å²) < 4.78 is 5.42. The molecule has 0 saturated carbocycles. The fourth-order valence-corrected chi connectivity index (χ4v) is 2.05. The number of carbonyl (C=O) groups is 1. The molecule has 1 fully saturated rings. The average molecular weight is 274 g/mol. The first-order valence-corrected chi connectivity index (χ1v) is 6.27. The first kappa shape index (κ1) is 12.7. The summed E-state index contributed by atoms with van der Waals surface area (Å²) in [6.07, 6.45) is 2.20. The van der Waals surface area contributed by atoms with Gasteiger partial charge in [-0.25, -0.2) is 0 Å². The monoisotopic (exact) mass is 273 g/mol. The molecule has 0 aromatic heterocycles. The number of halogens is 2. The van der Waals surface area contributed by atoms with Crippen LogP contribution in [0.2, 0.25) is 10.0 Å². The number of nitrogens with one attached hydrogen (secondary N) is 1. The zero-order chi connectivity index (χ0) is 12.3. The minimum Gasteiger partial charge on any atom is -0.376 e. The molecule has 0 radical (unpaired) electrons.